The van der Waals surface area contributed by atoms with Gasteiger partial charge in [-0.3, -0.25) is 0 Å². The molecule has 0 saturated heterocycles. The van der Waals surface area contributed by atoms with Crippen LogP contribution in [0.4, 0.5) is 0 Å². The molecule has 0 nitrogen and oxygen atoms in total. The van der Waals surface area contributed by atoms with Gasteiger partial charge in [-0.05, 0) is 0 Å². The Kier molecular flexibility index (Phi) is 9.43. The summed E-state index contributed by atoms with van der Waals surface area (Å²) in [4.78, 5) is 0. The van der Waals surface area contributed by atoms with Gasteiger partial charge in [-0.1, -0.05) is 0 Å². The summed E-state index contributed by atoms with van der Waals surface area (Å²) < 4.78 is 2.27. The number of hydrogen-bond acceptors (Lipinski definition) is 0. The molecule has 0 fully saturated rings. The maximum absolute atomic E-state index is 2.57. The molecule has 3 heteroatoms. The molecule has 0 aliphatic heterocycles. The Morgan fingerprint density at radius 1 is 0.778 bits per heavy atom. The summed E-state index contributed by atoms with van der Waals surface area (Å²) in [5, 5.41) is 0. The number of halogens is 2. The van der Waals surface area contributed by atoms with Crippen molar-refractivity contribution in [1.29, 1.82) is 0 Å². The summed E-state index contributed by atoms with van der Waals surface area (Å²) in [5.41, 5.74) is 17.3. The van der Waals surface area contributed by atoms with Gasteiger partial charge >= 0.3 is 221 Å². The van der Waals surface area contributed by atoms with Gasteiger partial charge in [0.05, 0.1) is 0 Å². The molecule has 2 aliphatic rings. The van der Waals surface area contributed by atoms with Crippen LogP contribution in [-0.4, -0.2) is 3.21 Å². The number of allylic oxidation sites excluding steroid dienone is 4. The van der Waals surface area contributed by atoms with E-state index >= 15 is 0 Å². The molecule has 0 radical (unpaired) electrons. The zero-order chi connectivity index (χ0) is 25.3. The van der Waals surface area contributed by atoms with Crippen LogP contribution >= 0.6 is 0 Å². The molecule has 2 aliphatic carbocycles. The molecule has 0 saturated carbocycles. The molecule has 0 heterocycles. The zero-order valence-electron chi connectivity index (χ0n) is 24.3. The molecule has 0 aromatic heterocycles. The first kappa shape index (κ1) is 31.5. The van der Waals surface area contributed by atoms with Crippen LogP contribution in [0.5, 0.6) is 0 Å². The predicted octanol–water partition coefficient (Wildman–Crippen LogP) is 3.41. The Bertz CT molecular complexity index is 1270. The van der Waals surface area contributed by atoms with E-state index in [-0.39, 0.29) is 35.6 Å². The minimum atomic E-state index is -0.790. The van der Waals surface area contributed by atoms with E-state index in [0.29, 0.717) is 9.54 Å². The van der Waals surface area contributed by atoms with Gasteiger partial charge in [-0.25, -0.2) is 0 Å². The van der Waals surface area contributed by atoms with Crippen LogP contribution in [0.3, 0.4) is 0 Å². The molecular weight excluding hydrogens is 558 g/mol. The first-order valence-corrected chi connectivity index (χ1v) is 15.6. The van der Waals surface area contributed by atoms with Crippen LogP contribution in [0.2, 0.25) is 0 Å². The van der Waals surface area contributed by atoms with Crippen LogP contribution in [0.25, 0.3) is 16.7 Å². The minimum absolute atomic E-state index is 0. The summed E-state index contributed by atoms with van der Waals surface area (Å²) in [5.74, 6) is 0.485. The van der Waals surface area contributed by atoms with Crippen LogP contribution < -0.4 is 24.8 Å². The normalized spacial score (nSPS) is 18.9. The molecule has 2 aromatic carbocycles. The average molecular weight is 602 g/mol. The van der Waals surface area contributed by atoms with E-state index in [1.54, 1.807) is 31.0 Å². The summed E-state index contributed by atoms with van der Waals surface area (Å²) in [6.07, 6.45) is 0. The van der Waals surface area contributed by atoms with Crippen molar-refractivity contribution in [2.75, 3.05) is 0 Å². The SMILES string of the molecule is C[C](C)=[Zr+2][CH]1c2cc(C(C)(C)C)ccc2-c2ccc(C(C)(C)C)c(C3=C(C)C(C)=C(C)C3C)c21.[Cl-].[Cl-]. The van der Waals surface area contributed by atoms with Crippen molar-refractivity contribution in [3.63, 3.8) is 0 Å². The van der Waals surface area contributed by atoms with Crippen molar-refractivity contribution in [2.24, 2.45) is 5.92 Å². The molecule has 0 bridgehead atoms. The molecule has 2 aromatic rings. The summed E-state index contributed by atoms with van der Waals surface area (Å²) >= 11 is -0.790. The van der Waals surface area contributed by atoms with Crippen LogP contribution in [0.1, 0.15) is 115 Å². The van der Waals surface area contributed by atoms with Crippen LogP contribution in [-0.2, 0) is 33.6 Å². The van der Waals surface area contributed by atoms with E-state index in [1.165, 1.54) is 33.4 Å². The first-order chi connectivity index (χ1) is 15.6. The number of fused-ring (bicyclic) bond motifs is 3. The van der Waals surface area contributed by atoms with Gasteiger partial charge < -0.3 is 24.8 Å². The topological polar surface area (TPSA) is 0 Å². The second-order valence-electron chi connectivity index (χ2n) is 12.9. The molecule has 0 spiro atoms. The molecule has 0 amide bonds. The standard InChI is InChI=1S/C30H37.C3H6.2ClH.Zr/c1-17-18(2)20(4)27(19(17)3)28-25-16-21-15-22(29(5,6)7)11-12-23(21)24(25)13-14-26(28)30(8,9)10;1-3-2;;;/h11-16,19H,1-10H3;1-2H3;2*1H;/q;;;;+2/p-2. The third-order valence-corrected chi connectivity index (χ3v) is 11.8. The van der Waals surface area contributed by atoms with E-state index in [1.807, 2.05) is 0 Å². The van der Waals surface area contributed by atoms with Crippen molar-refractivity contribution in [1.82, 2.24) is 0 Å². The summed E-state index contributed by atoms with van der Waals surface area (Å²) in [6, 6.07) is 12.3. The molecule has 2 atom stereocenters. The largest absolute Gasteiger partial charge is 1.00 e. The van der Waals surface area contributed by atoms with Crippen molar-refractivity contribution in [3.05, 3.63) is 74.9 Å². The quantitative estimate of drug-likeness (QED) is 0.495. The van der Waals surface area contributed by atoms with Gasteiger partial charge in [0.2, 0.25) is 0 Å². The fourth-order valence-electron chi connectivity index (χ4n) is 5.94. The van der Waals surface area contributed by atoms with E-state index in [0.717, 1.165) is 0 Å². The maximum atomic E-state index is 2.57. The fraction of sp³-hybridized carbons (Fsp3) is 0.485. The van der Waals surface area contributed by atoms with Crippen molar-refractivity contribution in [2.45, 2.75) is 97.5 Å². The summed E-state index contributed by atoms with van der Waals surface area (Å²) in [6.45, 7) is 28.5. The molecule has 193 valence electrons. The third-order valence-electron chi connectivity index (χ3n) is 8.20. The van der Waals surface area contributed by atoms with Gasteiger partial charge in [-0.2, -0.15) is 0 Å². The van der Waals surface area contributed by atoms with Gasteiger partial charge in [-0.15, -0.1) is 0 Å². The Morgan fingerprint density at radius 3 is 1.83 bits per heavy atom. The number of rotatable bonds is 2. The predicted molar refractivity (Wildman–Crippen MR) is 148 cm³/mol. The van der Waals surface area contributed by atoms with E-state index < -0.39 is 22.8 Å². The summed E-state index contributed by atoms with van der Waals surface area (Å²) in [7, 11) is 0. The zero-order valence-corrected chi connectivity index (χ0v) is 28.3. The van der Waals surface area contributed by atoms with Crippen molar-refractivity contribution < 1.29 is 47.6 Å². The van der Waals surface area contributed by atoms with Crippen molar-refractivity contribution >= 4 is 8.78 Å². The second-order valence-corrected chi connectivity index (χ2v) is 17.5. The van der Waals surface area contributed by atoms with Crippen LogP contribution in [0.15, 0.2) is 47.1 Å². The minimum Gasteiger partial charge on any atom is -1.00 e. The fourth-order valence-corrected chi connectivity index (χ4v) is 9.42. The Labute approximate surface area is 244 Å². The van der Waals surface area contributed by atoms with Gasteiger partial charge in [0, 0.05) is 0 Å². The van der Waals surface area contributed by atoms with E-state index in [4.69, 9.17) is 0 Å². The third kappa shape index (κ3) is 5.24. The smallest absolute Gasteiger partial charge is 1.00 e. The number of benzene rings is 2. The average Bonchev–Trinajstić information content (AvgIpc) is 3.13. The molecule has 36 heavy (non-hydrogen) atoms. The second kappa shape index (κ2) is 10.8. The van der Waals surface area contributed by atoms with Gasteiger partial charge in [0.15, 0.2) is 0 Å². The van der Waals surface area contributed by atoms with Gasteiger partial charge in [0.1, 0.15) is 0 Å². The van der Waals surface area contributed by atoms with E-state index in [2.05, 4.69) is 113 Å². The molecular formula is C33H43Cl2Zr. The first-order valence-electron chi connectivity index (χ1n) is 12.9. The van der Waals surface area contributed by atoms with Crippen LogP contribution in [0, 0.1) is 5.92 Å². The van der Waals surface area contributed by atoms with Crippen molar-refractivity contribution in [3.8, 4) is 11.1 Å². The van der Waals surface area contributed by atoms with E-state index in [9.17, 15) is 0 Å². The Balaban J connectivity index is 0.00000228. The monoisotopic (exact) mass is 599 g/mol. The maximum Gasteiger partial charge on any atom is -1.00 e. The van der Waals surface area contributed by atoms with Gasteiger partial charge in [0.25, 0.3) is 0 Å². The molecule has 0 N–H and O–H groups in total. The Hall–Kier alpha value is -0.747. The molecule has 4 rings (SSSR count). The number of hydrogen-bond donors (Lipinski definition) is 0. The Morgan fingerprint density at radius 2 is 1.36 bits per heavy atom. The molecule has 2 unspecified atom stereocenters.